The van der Waals surface area contributed by atoms with Gasteiger partial charge in [0.25, 0.3) is 0 Å². The summed E-state index contributed by atoms with van der Waals surface area (Å²) in [5.74, 6) is 1.27. The van der Waals surface area contributed by atoms with Gasteiger partial charge in [0.15, 0.2) is 0 Å². The minimum atomic E-state index is 0.567. The number of allylic oxidation sites excluding steroid dienone is 5. The number of hydrogen-bond donors (Lipinski definition) is 0. The minimum Gasteiger partial charge on any atom is -0.0996 e. The topological polar surface area (TPSA) is 0 Å². The van der Waals surface area contributed by atoms with Crippen molar-refractivity contribution in [2.75, 3.05) is 0 Å². The molecule has 2 unspecified atom stereocenters. The SMILES string of the molecule is C=C(CC)C(Cc1ccc2ccccc2c1C)C1CC/C(=C/C)C(=C(C)C)C1. The van der Waals surface area contributed by atoms with Crippen molar-refractivity contribution in [2.24, 2.45) is 11.8 Å². The van der Waals surface area contributed by atoms with Crippen LogP contribution in [0.2, 0.25) is 0 Å². The normalized spacial score (nSPS) is 19.8. The maximum absolute atomic E-state index is 4.52. The average Bonchev–Trinajstić information content (AvgIpc) is 2.72. The molecule has 148 valence electrons. The second-order valence-electron chi connectivity index (χ2n) is 8.69. The molecule has 1 aliphatic carbocycles. The van der Waals surface area contributed by atoms with Crippen molar-refractivity contribution < 1.29 is 0 Å². The van der Waals surface area contributed by atoms with E-state index in [0.29, 0.717) is 11.8 Å². The minimum absolute atomic E-state index is 0.567. The van der Waals surface area contributed by atoms with Crippen LogP contribution in [-0.2, 0) is 6.42 Å². The Morgan fingerprint density at radius 1 is 1.18 bits per heavy atom. The van der Waals surface area contributed by atoms with Crippen LogP contribution >= 0.6 is 0 Å². The summed E-state index contributed by atoms with van der Waals surface area (Å²) in [6.45, 7) is 15.8. The molecule has 0 aliphatic heterocycles. The van der Waals surface area contributed by atoms with Crippen LogP contribution in [-0.4, -0.2) is 0 Å². The molecule has 2 aromatic rings. The van der Waals surface area contributed by atoms with E-state index in [1.165, 1.54) is 52.3 Å². The molecule has 0 spiro atoms. The summed E-state index contributed by atoms with van der Waals surface area (Å²) in [5.41, 5.74) is 9.02. The summed E-state index contributed by atoms with van der Waals surface area (Å²) >= 11 is 0. The number of rotatable bonds is 5. The lowest BCUT2D eigenvalue weighted by Gasteiger charge is -2.35. The third-order valence-electron chi connectivity index (χ3n) is 6.89. The van der Waals surface area contributed by atoms with Crippen LogP contribution < -0.4 is 0 Å². The summed E-state index contributed by atoms with van der Waals surface area (Å²) in [7, 11) is 0. The molecule has 0 heteroatoms. The third-order valence-corrected chi connectivity index (χ3v) is 6.89. The molecule has 0 amide bonds. The molecule has 1 fully saturated rings. The summed E-state index contributed by atoms with van der Waals surface area (Å²) in [6.07, 6.45) is 8.23. The molecule has 0 radical (unpaired) electrons. The standard InChI is InChI=1S/C28H36/c1-7-20(5)28(25-16-13-22(8-2)27(18-25)19(3)4)17-24-15-14-23-11-9-10-12-26(23)21(24)6/h8-12,14-15,25,28H,5,7,13,16-18H2,1-4,6H3/b22-8-. The Bertz CT molecular complexity index is 918. The zero-order valence-electron chi connectivity index (χ0n) is 18.4. The maximum atomic E-state index is 4.52. The fourth-order valence-corrected chi connectivity index (χ4v) is 5.01. The molecular formula is C28H36. The van der Waals surface area contributed by atoms with Crippen LogP contribution in [0.25, 0.3) is 10.8 Å². The van der Waals surface area contributed by atoms with E-state index < -0.39 is 0 Å². The highest BCUT2D eigenvalue weighted by Gasteiger charge is 2.29. The van der Waals surface area contributed by atoms with Gasteiger partial charge in [-0.1, -0.05) is 67.1 Å². The van der Waals surface area contributed by atoms with Gasteiger partial charge in [0.1, 0.15) is 0 Å². The molecule has 0 nitrogen and oxygen atoms in total. The van der Waals surface area contributed by atoms with Crippen LogP contribution in [0.1, 0.15) is 64.5 Å². The van der Waals surface area contributed by atoms with Crippen LogP contribution in [0.4, 0.5) is 0 Å². The van der Waals surface area contributed by atoms with E-state index in [9.17, 15) is 0 Å². The molecule has 3 rings (SSSR count). The zero-order valence-corrected chi connectivity index (χ0v) is 18.4. The van der Waals surface area contributed by atoms with Crippen molar-refractivity contribution in [1.29, 1.82) is 0 Å². The predicted octanol–water partition coefficient (Wildman–Crippen LogP) is 8.36. The Hall–Kier alpha value is -2.08. The molecule has 28 heavy (non-hydrogen) atoms. The third kappa shape index (κ3) is 4.17. The highest BCUT2D eigenvalue weighted by atomic mass is 14.3. The van der Waals surface area contributed by atoms with Crippen LogP contribution in [0, 0.1) is 18.8 Å². The Balaban J connectivity index is 1.93. The molecule has 0 saturated heterocycles. The van der Waals surface area contributed by atoms with E-state index in [-0.39, 0.29) is 0 Å². The molecule has 0 bridgehead atoms. The number of aryl methyl sites for hydroxylation is 1. The van der Waals surface area contributed by atoms with Gasteiger partial charge in [-0.3, -0.25) is 0 Å². The van der Waals surface area contributed by atoms with Crippen molar-refractivity contribution in [3.8, 4) is 0 Å². The lowest BCUT2D eigenvalue weighted by molar-refractivity contribution is 0.328. The van der Waals surface area contributed by atoms with E-state index >= 15 is 0 Å². The fourth-order valence-electron chi connectivity index (χ4n) is 5.01. The van der Waals surface area contributed by atoms with Gasteiger partial charge in [0.05, 0.1) is 0 Å². The average molecular weight is 373 g/mol. The molecule has 0 aromatic heterocycles. The lowest BCUT2D eigenvalue weighted by Crippen LogP contribution is -2.24. The van der Waals surface area contributed by atoms with Gasteiger partial charge in [0, 0.05) is 0 Å². The van der Waals surface area contributed by atoms with Crippen LogP contribution in [0.3, 0.4) is 0 Å². The van der Waals surface area contributed by atoms with Gasteiger partial charge in [-0.15, -0.1) is 0 Å². The molecular weight excluding hydrogens is 336 g/mol. The molecule has 2 aromatic carbocycles. The van der Waals surface area contributed by atoms with E-state index in [4.69, 9.17) is 0 Å². The summed E-state index contributed by atoms with van der Waals surface area (Å²) in [4.78, 5) is 0. The van der Waals surface area contributed by atoms with Crippen molar-refractivity contribution in [2.45, 2.75) is 66.7 Å². The van der Waals surface area contributed by atoms with Gasteiger partial charge >= 0.3 is 0 Å². The van der Waals surface area contributed by atoms with Crippen LogP contribution in [0.5, 0.6) is 0 Å². The molecule has 2 atom stereocenters. The Labute approximate surface area is 172 Å². The predicted molar refractivity (Wildman–Crippen MR) is 125 cm³/mol. The first-order valence-electron chi connectivity index (χ1n) is 10.9. The lowest BCUT2D eigenvalue weighted by atomic mass is 9.70. The Morgan fingerprint density at radius 3 is 2.61 bits per heavy atom. The van der Waals surface area contributed by atoms with Crippen molar-refractivity contribution in [3.05, 3.63) is 82.5 Å². The van der Waals surface area contributed by atoms with Gasteiger partial charge in [-0.05, 0) is 105 Å². The van der Waals surface area contributed by atoms with Crippen molar-refractivity contribution >= 4 is 10.8 Å². The molecule has 1 saturated carbocycles. The quantitative estimate of drug-likeness (QED) is 0.462. The fraction of sp³-hybridized carbons (Fsp3) is 0.429. The summed E-state index contributed by atoms with van der Waals surface area (Å²) in [5, 5.41) is 2.74. The van der Waals surface area contributed by atoms with Gasteiger partial charge in [-0.25, -0.2) is 0 Å². The highest BCUT2D eigenvalue weighted by Crippen LogP contribution is 2.42. The number of benzene rings is 2. The van der Waals surface area contributed by atoms with Crippen LogP contribution in [0.15, 0.2) is 71.3 Å². The first-order valence-corrected chi connectivity index (χ1v) is 10.9. The smallest absolute Gasteiger partial charge is 0.0134 e. The summed E-state index contributed by atoms with van der Waals surface area (Å²) < 4.78 is 0. The monoisotopic (exact) mass is 372 g/mol. The Morgan fingerprint density at radius 2 is 1.93 bits per heavy atom. The van der Waals surface area contributed by atoms with E-state index in [1.54, 1.807) is 11.1 Å². The van der Waals surface area contributed by atoms with Gasteiger partial charge < -0.3 is 0 Å². The molecule has 0 heterocycles. The van der Waals surface area contributed by atoms with E-state index in [1.807, 2.05) is 0 Å². The largest absolute Gasteiger partial charge is 0.0996 e. The number of fused-ring (bicyclic) bond motifs is 1. The number of hydrogen-bond acceptors (Lipinski definition) is 0. The van der Waals surface area contributed by atoms with Crippen molar-refractivity contribution in [3.63, 3.8) is 0 Å². The highest BCUT2D eigenvalue weighted by molar-refractivity contribution is 5.86. The van der Waals surface area contributed by atoms with E-state index in [2.05, 4.69) is 83.7 Å². The first kappa shape index (κ1) is 20.6. The summed E-state index contributed by atoms with van der Waals surface area (Å²) in [6, 6.07) is 13.4. The molecule has 1 aliphatic rings. The maximum Gasteiger partial charge on any atom is -0.0134 e. The second-order valence-corrected chi connectivity index (χ2v) is 8.69. The van der Waals surface area contributed by atoms with E-state index in [0.717, 1.165) is 12.8 Å². The first-order chi connectivity index (χ1) is 13.5. The van der Waals surface area contributed by atoms with Crippen molar-refractivity contribution in [1.82, 2.24) is 0 Å². The molecule has 0 N–H and O–H groups in total. The Kier molecular flexibility index (Phi) is 6.60. The second kappa shape index (κ2) is 8.95. The zero-order chi connectivity index (χ0) is 20.3. The van der Waals surface area contributed by atoms with Gasteiger partial charge in [-0.2, -0.15) is 0 Å². The van der Waals surface area contributed by atoms with Gasteiger partial charge in [0.2, 0.25) is 0 Å².